The molecule has 0 bridgehead atoms. The molecule has 0 spiro atoms. The first-order valence-electron chi connectivity index (χ1n) is 12.2. The van der Waals surface area contributed by atoms with Gasteiger partial charge in [0.2, 0.25) is 0 Å². The van der Waals surface area contributed by atoms with Gasteiger partial charge in [-0.05, 0) is 23.8 Å². The minimum absolute atomic E-state index is 0.268. The Morgan fingerprint density at radius 1 is 0.889 bits per heavy atom. The van der Waals surface area contributed by atoms with Crippen molar-refractivity contribution in [3.8, 4) is 11.1 Å². The van der Waals surface area contributed by atoms with E-state index in [9.17, 15) is 4.79 Å². The van der Waals surface area contributed by atoms with Crippen LogP contribution in [-0.4, -0.2) is 56.6 Å². The lowest BCUT2D eigenvalue weighted by Gasteiger charge is -2.35. The predicted octanol–water partition coefficient (Wildman–Crippen LogP) is 4.91. The van der Waals surface area contributed by atoms with E-state index in [2.05, 4.69) is 45.4 Å². The molecule has 1 amide bonds. The molecule has 0 saturated carbocycles. The molecule has 36 heavy (non-hydrogen) atoms. The highest BCUT2D eigenvalue weighted by molar-refractivity contribution is 5.86. The number of rotatable bonds is 4. The Morgan fingerprint density at radius 2 is 1.69 bits per heavy atom. The molecule has 0 aliphatic carbocycles. The Balaban J connectivity index is 1.11. The molecule has 1 fully saturated rings. The monoisotopic (exact) mass is 480 g/mol. The molecule has 8 heteroatoms. The quantitative estimate of drug-likeness (QED) is 0.366. The molecule has 5 aromatic rings. The Labute approximate surface area is 209 Å². The molecular formula is C28H28N6O2. The van der Waals surface area contributed by atoms with Crippen LogP contribution in [0.2, 0.25) is 0 Å². The number of carbonyl (C=O) groups is 1. The minimum atomic E-state index is -0.324. The average molecular weight is 481 g/mol. The van der Waals surface area contributed by atoms with Crippen LogP contribution in [0.4, 0.5) is 10.5 Å². The molecule has 0 N–H and O–H groups in total. The van der Waals surface area contributed by atoms with Crippen molar-refractivity contribution in [2.45, 2.75) is 13.0 Å². The Morgan fingerprint density at radius 3 is 2.50 bits per heavy atom. The Kier molecular flexibility index (Phi) is 5.56. The number of ether oxygens (including phenoxy) is 1. The number of fused-ring (bicyclic) bond motifs is 2. The molecule has 6 rings (SSSR count). The smallest absolute Gasteiger partial charge is 0.410 e. The first-order chi connectivity index (χ1) is 17.6. The molecule has 0 radical (unpaired) electrons. The van der Waals surface area contributed by atoms with Crippen molar-refractivity contribution < 1.29 is 9.53 Å². The van der Waals surface area contributed by atoms with Gasteiger partial charge in [-0.1, -0.05) is 48.5 Å². The van der Waals surface area contributed by atoms with Gasteiger partial charge in [0.25, 0.3) is 0 Å². The van der Waals surface area contributed by atoms with Crippen molar-refractivity contribution in [3.05, 3.63) is 84.9 Å². The highest BCUT2D eigenvalue weighted by atomic mass is 16.6. The fourth-order valence-electron chi connectivity index (χ4n) is 4.98. The van der Waals surface area contributed by atoms with Crippen LogP contribution >= 0.6 is 0 Å². The highest BCUT2D eigenvalue weighted by Gasteiger charge is 2.26. The molecule has 2 aromatic carbocycles. The van der Waals surface area contributed by atoms with Gasteiger partial charge in [0.1, 0.15) is 6.10 Å². The van der Waals surface area contributed by atoms with Gasteiger partial charge in [-0.15, -0.1) is 0 Å². The molecular weight excluding hydrogens is 452 g/mol. The Bertz CT molecular complexity index is 1540. The summed E-state index contributed by atoms with van der Waals surface area (Å²) in [6.07, 6.45) is 7.18. The SMILES string of the molecule is C[C@@H](OC(=O)N1CCN(c2cnn3cc(-c4cnn(C)c4)ccc23)CC1)c1cccc2ccccc12. The maximum atomic E-state index is 13.0. The maximum absolute atomic E-state index is 13.0. The van der Waals surface area contributed by atoms with E-state index in [-0.39, 0.29) is 12.2 Å². The standard InChI is InChI=1S/C28H28N6O2/c1-20(24-9-5-7-21-6-3-4-8-25(21)24)36-28(35)33-14-12-32(13-15-33)27-17-30-34-19-22(10-11-26(27)34)23-16-29-31(2)18-23/h3-11,16-20H,12-15H2,1-2H3/t20-/m1/s1. The van der Waals surface area contributed by atoms with E-state index in [0.717, 1.165) is 51.8 Å². The molecule has 8 nitrogen and oxygen atoms in total. The van der Waals surface area contributed by atoms with Gasteiger partial charge in [0.15, 0.2) is 0 Å². The number of aryl methyl sites for hydroxylation is 1. The summed E-state index contributed by atoms with van der Waals surface area (Å²) in [5.41, 5.74) is 5.27. The van der Waals surface area contributed by atoms with Crippen molar-refractivity contribution in [2.24, 2.45) is 7.05 Å². The predicted molar refractivity (Wildman–Crippen MR) is 140 cm³/mol. The number of pyridine rings is 1. The Hall–Kier alpha value is -4.33. The van der Waals surface area contributed by atoms with Gasteiger partial charge in [-0.3, -0.25) is 4.68 Å². The number of aromatic nitrogens is 4. The average Bonchev–Trinajstić information content (AvgIpc) is 3.54. The summed E-state index contributed by atoms with van der Waals surface area (Å²) in [6.45, 7) is 4.60. The maximum Gasteiger partial charge on any atom is 0.410 e. The fraction of sp³-hybridized carbons (Fsp3) is 0.250. The van der Waals surface area contributed by atoms with Crippen molar-refractivity contribution in [2.75, 3.05) is 31.1 Å². The lowest BCUT2D eigenvalue weighted by atomic mass is 10.0. The third-order valence-corrected chi connectivity index (χ3v) is 6.95. The number of hydrogen-bond acceptors (Lipinski definition) is 5. The molecule has 0 unspecified atom stereocenters. The number of amides is 1. The van der Waals surface area contributed by atoms with Crippen molar-refractivity contribution >= 4 is 28.1 Å². The van der Waals surface area contributed by atoms with Crippen LogP contribution in [0, 0.1) is 0 Å². The van der Waals surface area contributed by atoms with Crippen LogP contribution in [0.15, 0.2) is 79.4 Å². The summed E-state index contributed by atoms with van der Waals surface area (Å²) < 4.78 is 9.58. The zero-order chi connectivity index (χ0) is 24.6. The van der Waals surface area contributed by atoms with E-state index in [0.29, 0.717) is 13.1 Å². The lowest BCUT2D eigenvalue weighted by Crippen LogP contribution is -2.49. The summed E-state index contributed by atoms with van der Waals surface area (Å²) in [5, 5.41) is 11.1. The summed E-state index contributed by atoms with van der Waals surface area (Å²) >= 11 is 0. The van der Waals surface area contributed by atoms with Crippen molar-refractivity contribution in [1.82, 2.24) is 24.3 Å². The van der Waals surface area contributed by atoms with Crippen LogP contribution in [0.1, 0.15) is 18.6 Å². The molecule has 1 atom stereocenters. The van der Waals surface area contributed by atoms with Crippen LogP contribution in [0.25, 0.3) is 27.4 Å². The number of piperazine rings is 1. The second-order valence-electron chi connectivity index (χ2n) is 9.25. The largest absolute Gasteiger partial charge is 0.441 e. The normalized spacial score (nSPS) is 14.9. The first-order valence-corrected chi connectivity index (χ1v) is 12.2. The minimum Gasteiger partial charge on any atom is -0.441 e. The van der Waals surface area contributed by atoms with Crippen LogP contribution in [0.5, 0.6) is 0 Å². The van der Waals surface area contributed by atoms with E-state index >= 15 is 0 Å². The molecule has 4 heterocycles. The van der Waals surface area contributed by atoms with Crippen molar-refractivity contribution in [1.29, 1.82) is 0 Å². The van der Waals surface area contributed by atoms with Gasteiger partial charge in [-0.25, -0.2) is 9.31 Å². The topological polar surface area (TPSA) is 67.9 Å². The second kappa shape index (κ2) is 9.03. The van der Waals surface area contributed by atoms with Crippen LogP contribution in [0.3, 0.4) is 0 Å². The lowest BCUT2D eigenvalue weighted by molar-refractivity contribution is 0.0686. The number of benzene rings is 2. The van der Waals surface area contributed by atoms with Gasteiger partial charge < -0.3 is 14.5 Å². The summed E-state index contributed by atoms with van der Waals surface area (Å²) in [5.74, 6) is 0. The van der Waals surface area contributed by atoms with Gasteiger partial charge in [-0.2, -0.15) is 10.2 Å². The summed E-state index contributed by atoms with van der Waals surface area (Å²) in [4.78, 5) is 17.0. The van der Waals surface area contributed by atoms with Gasteiger partial charge in [0.05, 0.1) is 23.6 Å². The van der Waals surface area contributed by atoms with Crippen LogP contribution < -0.4 is 4.90 Å². The zero-order valence-corrected chi connectivity index (χ0v) is 20.4. The number of nitrogens with zero attached hydrogens (tertiary/aromatic N) is 6. The second-order valence-corrected chi connectivity index (χ2v) is 9.25. The number of anilines is 1. The third-order valence-electron chi connectivity index (χ3n) is 6.95. The van der Waals surface area contributed by atoms with E-state index in [1.54, 1.807) is 9.58 Å². The summed E-state index contributed by atoms with van der Waals surface area (Å²) in [7, 11) is 1.91. The van der Waals surface area contributed by atoms with E-state index < -0.39 is 0 Å². The van der Waals surface area contributed by atoms with E-state index in [1.807, 2.05) is 67.5 Å². The van der Waals surface area contributed by atoms with E-state index in [4.69, 9.17) is 4.74 Å². The van der Waals surface area contributed by atoms with E-state index in [1.165, 1.54) is 0 Å². The third kappa shape index (κ3) is 4.04. The van der Waals surface area contributed by atoms with Crippen molar-refractivity contribution in [3.63, 3.8) is 0 Å². The molecule has 182 valence electrons. The number of hydrogen-bond donors (Lipinski definition) is 0. The zero-order valence-electron chi connectivity index (χ0n) is 20.4. The van der Waals surface area contributed by atoms with Crippen LogP contribution in [-0.2, 0) is 11.8 Å². The molecule has 1 aliphatic heterocycles. The molecule has 3 aromatic heterocycles. The van der Waals surface area contributed by atoms with Gasteiger partial charge in [0, 0.05) is 62.3 Å². The first kappa shape index (κ1) is 22.2. The summed E-state index contributed by atoms with van der Waals surface area (Å²) in [6, 6.07) is 18.5. The number of carbonyl (C=O) groups excluding carboxylic acids is 1. The highest BCUT2D eigenvalue weighted by Crippen LogP contribution is 2.28. The molecule has 1 saturated heterocycles. The molecule has 1 aliphatic rings. The van der Waals surface area contributed by atoms with Gasteiger partial charge >= 0.3 is 6.09 Å². The fourth-order valence-corrected chi connectivity index (χ4v) is 4.98.